The summed E-state index contributed by atoms with van der Waals surface area (Å²) in [5.41, 5.74) is -11.7. The van der Waals surface area contributed by atoms with Crippen molar-refractivity contribution in [1.82, 2.24) is 9.13 Å². The molecule has 7 aromatic rings. The van der Waals surface area contributed by atoms with E-state index in [9.17, 15) is 63.2 Å². The molecule has 0 fully saturated rings. The van der Waals surface area contributed by atoms with Crippen molar-refractivity contribution in [3.8, 4) is 23.5 Å². The molecule has 0 N–H and O–H groups in total. The molecule has 7 rings (SSSR count). The number of aromatic nitrogens is 2. The summed E-state index contributed by atoms with van der Waals surface area (Å²) in [6.45, 7) is 0. The van der Waals surface area contributed by atoms with Crippen molar-refractivity contribution in [2.24, 2.45) is 0 Å². The topological polar surface area (TPSA) is 57.4 Å². The van der Waals surface area contributed by atoms with E-state index >= 15 is 0 Å². The van der Waals surface area contributed by atoms with Crippen LogP contribution in [0.15, 0.2) is 84.9 Å². The number of benzene rings is 5. The second-order valence-corrected chi connectivity index (χ2v) is 11.6. The van der Waals surface area contributed by atoms with Crippen LogP contribution in [0.2, 0.25) is 0 Å². The van der Waals surface area contributed by atoms with Gasteiger partial charge in [0, 0.05) is 21.5 Å². The van der Waals surface area contributed by atoms with Crippen molar-refractivity contribution in [3.63, 3.8) is 0 Å². The van der Waals surface area contributed by atoms with Gasteiger partial charge in [0.2, 0.25) is 0 Å². The minimum atomic E-state index is -5.74. The summed E-state index contributed by atoms with van der Waals surface area (Å²) in [6.07, 6.45) is -22.0. The molecule has 5 aromatic carbocycles. The van der Waals surface area contributed by atoms with Crippen molar-refractivity contribution >= 4 is 43.6 Å². The zero-order chi connectivity index (χ0) is 37.7. The number of hydrogen-bond donors (Lipinski definition) is 0. The smallest absolute Gasteiger partial charge is 0.308 e. The van der Waals surface area contributed by atoms with Gasteiger partial charge >= 0.3 is 24.7 Å². The summed E-state index contributed by atoms with van der Waals surface area (Å²) in [5, 5.41) is 20.8. The highest BCUT2D eigenvalue weighted by Gasteiger charge is 2.46. The van der Waals surface area contributed by atoms with E-state index in [1.807, 2.05) is 0 Å². The summed E-state index contributed by atoms with van der Waals surface area (Å²) < 4.78 is 172. The molecular formula is C36H14F12N4. The van der Waals surface area contributed by atoms with E-state index in [-0.39, 0.29) is 43.9 Å². The van der Waals surface area contributed by atoms with E-state index in [0.29, 0.717) is 22.1 Å². The van der Waals surface area contributed by atoms with E-state index in [1.165, 1.54) is 47.0 Å². The number of nitriles is 2. The number of halogens is 12. The summed E-state index contributed by atoms with van der Waals surface area (Å²) in [6, 6.07) is 17.5. The van der Waals surface area contributed by atoms with Crippen molar-refractivity contribution in [1.29, 1.82) is 10.5 Å². The lowest BCUT2D eigenvalue weighted by atomic mass is 10.00. The molecule has 0 saturated carbocycles. The molecule has 0 aliphatic heterocycles. The number of rotatable bonds is 2. The molecule has 0 amide bonds. The Bertz CT molecular complexity index is 2640. The van der Waals surface area contributed by atoms with Gasteiger partial charge in [0.05, 0.1) is 66.8 Å². The molecule has 0 radical (unpaired) electrons. The fourth-order valence-corrected chi connectivity index (χ4v) is 6.59. The summed E-state index contributed by atoms with van der Waals surface area (Å²) in [7, 11) is 0. The normalized spacial score (nSPS) is 13.0. The van der Waals surface area contributed by atoms with Gasteiger partial charge in [-0.05, 0) is 48.5 Å². The van der Waals surface area contributed by atoms with Gasteiger partial charge in [0.1, 0.15) is 12.1 Å². The van der Waals surface area contributed by atoms with Crippen LogP contribution in [0.4, 0.5) is 52.7 Å². The Balaban J connectivity index is 1.72. The molecule has 2 aromatic heterocycles. The molecule has 4 nitrogen and oxygen atoms in total. The number of fused-ring (bicyclic) bond motifs is 6. The standard InChI is InChI=1S/C36H14F12N4/c37-33(38,39)19-9-17(15-49)31(18(10-19)16-50)51-27-7-3-1-5-21(27)23-13-24-22-6-2-4-8-28(22)52(30(24)14-29(23)51)32-25(35(43,44)45)11-20(34(40,41)42)12-26(32)36(46,47)48/h1-14H. The van der Waals surface area contributed by atoms with E-state index < -0.39 is 75.9 Å². The van der Waals surface area contributed by atoms with Gasteiger partial charge in [0.25, 0.3) is 0 Å². The van der Waals surface area contributed by atoms with Crippen LogP contribution < -0.4 is 0 Å². The Morgan fingerprint density at radius 1 is 0.404 bits per heavy atom. The van der Waals surface area contributed by atoms with Gasteiger partial charge in [0.15, 0.2) is 0 Å². The second kappa shape index (κ2) is 11.2. The predicted octanol–water partition coefficient (Wildman–Crippen LogP) is 11.7. The van der Waals surface area contributed by atoms with Crippen LogP contribution in [0.3, 0.4) is 0 Å². The first-order valence-corrected chi connectivity index (χ1v) is 14.7. The first-order valence-electron chi connectivity index (χ1n) is 14.7. The van der Waals surface area contributed by atoms with Gasteiger partial charge in [-0.15, -0.1) is 0 Å². The minimum absolute atomic E-state index is 0.0560. The maximum atomic E-state index is 14.6. The molecular weight excluding hydrogens is 716 g/mol. The van der Waals surface area contributed by atoms with Crippen LogP contribution in [-0.4, -0.2) is 9.13 Å². The molecule has 0 bridgehead atoms. The average molecular weight is 731 g/mol. The first kappa shape index (κ1) is 34.3. The third-order valence-corrected chi connectivity index (χ3v) is 8.64. The average Bonchev–Trinajstić information content (AvgIpc) is 3.56. The zero-order valence-electron chi connectivity index (χ0n) is 25.4. The van der Waals surface area contributed by atoms with Crippen LogP contribution in [0.5, 0.6) is 0 Å². The van der Waals surface area contributed by atoms with Crippen molar-refractivity contribution in [3.05, 3.63) is 118 Å². The SMILES string of the molecule is N#Cc1cc(C(F)(F)F)cc(C#N)c1-n1c2ccccc2c2cc3c4ccccc4n(-c4c(C(F)(F)F)cc(C(F)(F)F)cc4C(F)(F)F)c3cc21. The first-order chi connectivity index (χ1) is 24.3. The maximum absolute atomic E-state index is 14.6. The third-order valence-electron chi connectivity index (χ3n) is 8.64. The van der Waals surface area contributed by atoms with Crippen LogP contribution in [0.25, 0.3) is 55.0 Å². The fraction of sp³-hybridized carbons (Fsp3) is 0.111. The van der Waals surface area contributed by atoms with Crippen LogP contribution in [0, 0.1) is 22.7 Å². The second-order valence-electron chi connectivity index (χ2n) is 11.6. The summed E-state index contributed by atoms with van der Waals surface area (Å²) >= 11 is 0. The lowest BCUT2D eigenvalue weighted by Crippen LogP contribution is -2.20. The van der Waals surface area contributed by atoms with Gasteiger partial charge in [-0.1, -0.05) is 36.4 Å². The van der Waals surface area contributed by atoms with E-state index in [4.69, 9.17) is 0 Å². The Hall–Kier alpha value is -6.16. The van der Waals surface area contributed by atoms with Crippen LogP contribution in [-0.2, 0) is 24.7 Å². The molecule has 0 saturated heterocycles. The van der Waals surface area contributed by atoms with Crippen molar-refractivity contribution < 1.29 is 52.7 Å². The Labute approximate surface area is 282 Å². The zero-order valence-corrected chi connectivity index (χ0v) is 25.4. The van der Waals surface area contributed by atoms with E-state index in [0.717, 1.165) is 6.07 Å². The highest BCUT2D eigenvalue weighted by atomic mass is 19.4. The maximum Gasteiger partial charge on any atom is 0.418 e. The molecule has 0 aliphatic rings. The number of nitrogens with zero attached hydrogens (tertiary/aromatic N) is 4. The third kappa shape index (κ3) is 5.25. The van der Waals surface area contributed by atoms with Gasteiger partial charge in [-0.3, -0.25) is 0 Å². The molecule has 2 heterocycles. The molecule has 0 unspecified atom stereocenters. The Morgan fingerprint density at radius 3 is 1.17 bits per heavy atom. The lowest BCUT2D eigenvalue weighted by Gasteiger charge is -2.23. The molecule has 16 heteroatoms. The monoisotopic (exact) mass is 730 g/mol. The summed E-state index contributed by atoms with van der Waals surface area (Å²) in [4.78, 5) is 0. The van der Waals surface area contributed by atoms with Crippen LogP contribution >= 0.6 is 0 Å². The molecule has 0 atom stereocenters. The van der Waals surface area contributed by atoms with Crippen molar-refractivity contribution in [2.45, 2.75) is 24.7 Å². The highest BCUT2D eigenvalue weighted by molar-refractivity contribution is 6.19. The van der Waals surface area contributed by atoms with Crippen LogP contribution in [0.1, 0.15) is 33.4 Å². The minimum Gasteiger partial charge on any atom is -0.308 e. The number of para-hydroxylation sites is 2. The fourth-order valence-electron chi connectivity index (χ4n) is 6.59. The van der Waals surface area contributed by atoms with Gasteiger partial charge < -0.3 is 9.13 Å². The molecule has 0 aliphatic carbocycles. The van der Waals surface area contributed by atoms with Crippen molar-refractivity contribution in [2.75, 3.05) is 0 Å². The van der Waals surface area contributed by atoms with E-state index in [2.05, 4.69) is 0 Å². The Morgan fingerprint density at radius 2 is 0.788 bits per heavy atom. The van der Waals surface area contributed by atoms with Gasteiger partial charge in [-0.2, -0.15) is 63.2 Å². The van der Waals surface area contributed by atoms with Gasteiger partial charge in [-0.25, -0.2) is 0 Å². The largest absolute Gasteiger partial charge is 0.418 e. The highest BCUT2D eigenvalue weighted by Crippen LogP contribution is 2.48. The molecule has 52 heavy (non-hydrogen) atoms. The van der Waals surface area contributed by atoms with E-state index in [1.54, 1.807) is 24.3 Å². The quantitative estimate of drug-likeness (QED) is 0.166. The lowest BCUT2D eigenvalue weighted by molar-refractivity contribution is -0.148. The predicted molar refractivity (Wildman–Crippen MR) is 165 cm³/mol. The summed E-state index contributed by atoms with van der Waals surface area (Å²) in [5.74, 6) is 0. The Kier molecular flexibility index (Phi) is 7.37. The number of alkyl halides is 12. The molecule has 262 valence electrons. The number of hydrogen-bond acceptors (Lipinski definition) is 2. The molecule has 0 spiro atoms.